The smallest absolute Gasteiger partial charge is 0.327 e. The molecule has 0 heterocycles. The molecule has 1 rings (SSSR count). The number of nitrogens with zero attached hydrogens (tertiary/aromatic N) is 1. The number of hydrogen-bond donors (Lipinski definition) is 1. The van der Waals surface area contributed by atoms with E-state index in [1.807, 2.05) is 13.8 Å². The van der Waals surface area contributed by atoms with E-state index in [0.29, 0.717) is 18.6 Å². The molecule has 21 heavy (non-hydrogen) atoms. The Hall–Kier alpha value is -0.610. The zero-order chi connectivity index (χ0) is 15.9. The highest BCUT2D eigenvalue weighted by molar-refractivity contribution is 5.80. The molecule has 124 valence electrons. The van der Waals surface area contributed by atoms with Crippen LogP contribution in [0.2, 0.25) is 0 Å². The van der Waals surface area contributed by atoms with E-state index in [-0.39, 0.29) is 5.97 Å². The van der Waals surface area contributed by atoms with Crippen molar-refractivity contribution >= 4 is 5.97 Å². The zero-order valence-corrected chi connectivity index (χ0v) is 14.6. The number of carbonyl (C=O) groups excluding carboxylic acids is 1. The Labute approximate surface area is 130 Å². The fourth-order valence-electron chi connectivity index (χ4n) is 2.54. The number of hydrogen-bond acceptors (Lipinski definition) is 4. The van der Waals surface area contributed by atoms with Gasteiger partial charge in [0.25, 0.3) is 0 Å². The van der Waals surface area contributed by atoms with E-state index < -0.39 is 5.54 Å². The maximum Gasteiger partial charge on any atom is 0.327 e. The van der Waals surface area contributed by atoms with Crippen LogP contribution in [0, 0.1) is 5.92 Å². The van der Waals surface area contributed by atoms with Gasteiger partial charge in [0.2, 0.25) is 0 Å². The predicted molar refractivity (Wildman–Crippen MR) is 87.4 cm³/mol. The standard InChI is InChI=1S/C17H34N2O2/c1-6-11-18-17(5,16(20)21-7-2)13-19(15-8-9-15)12-10-14(3)4/h14-15,18H,6-13H2,1-5H3. The fraction of sp³-hybridized carbons (Fsp3) is 0.941. The molecule has 1 N–H and O–H groups in total. The third kappa shape index (κ3) is 6.35. The van der Waals surface area contributed by atoms with Crippen molar-refractivity contribution in [2.24, 2.45) is 5.92 Å². The van der Waals surface area contributed by atoms with E-state index in [1.165, 1.54) is 19.3 Å². The summed E-state index contributed by atoms with van der Waals surface area (Å²) < 4.78 is 5.30. The first-order chi connectivity index (χ1) is 9.92. The van der Waals surface area contributed by atoms with E-state index in [0.717, 1.165) is 26.1 Å². The van der Waals surface area contributed by atoms with Crippen LogP contribution < -0.4 is 5.32 Å². The average Bonchev–Trinajstić information content (AvgIpc) is 3.25. The fourth-order valence-corrected chi connectivity index (χ4v) is 2.54. The molecular weight excluding hydrogens is 264 g/mol. The minimum Gasteiger partial charge on any atom is -0.465 e. The quantitative estimate of drug-likeness (QED) is 0.596. The lowest BCUT2D eigenvalue weighted by Gasteiger charge is -2.35. The molecule has 0 bridgehead atoms. The summed E-state index contributed by atoms with van der Waals surface area (Å²) in [5.41, 5.74) is -0.592. The topological polar surface area (TPSA) is 41.6 Å². The van der Waals surface area contributed by atoms with Crippen molar-refractivity contribution in [3.63, 3.8) is 0 Å². The second-order valence-electron chi connectivity index (χ2n) is 6.86. The molecule has 4 nitrogen and oxygen atoms in total. The van der Waals surface area contributed by atoms with E-state index >= 15 is 0 Å². The van der Waals surface area contributed by atoms with Crippen LogP contribution in [0.4, 0.5) is 0 Å². The van der Waals surface area contributed by atoms with Gasteiger partial charge >= 0.3 is 5.97 Å². The van der Waals surface area contributed by atoms with E-state index in [2.05, 4.69) is 31.0 Å². The first kappa shape index (κ1) is 18.4. The number of nitrogens with one attached hydrogen (secondary N) is 1. The summed E-state index contributed by atoms with van der Waals surface area (Å²) in [7, 11) is 0. The van der Waals surface area contributed by atoms with Crippen LogP contribution in [0.5, 0.6) is 0 Å². The Balaban J connectivity index is 2.68. The number of carbonyl (C=O) groups is 1. The van der Waals surface area contributed by atoms with Crippen LogP contribution in [0.1, 0.15) is 60.3 Å². The zero-order valence-electron chi connectivity index (χ0n) is 14.6. The summed E-state index contributed by atoms with van der Waals surface area (Å²) >= 11 is 0. The third-order valence-electron chi connectivity index (χ3n) is 4.07. The highest BCUT2D eigenvalue weighted by Gasteiger charge is 2.40. The lowest BCUT2D eigenvalue weighted by Crippen LogP contribution is -2.58. The van der Waals surface area contributed by atoms with Gasteiger partial charge in [-0.1, -0.05) is 20.8 Å². The molecule has 0 aromatic heterocycles. The molecule has 4 heteroatoms. The van der Waals surface area contributed by atoms with Crippen molar-refractivity contribution in [2.45, 2.75) is 71.9 Å². The molecule has 1 saturated carbocycles. The van der Waals surface area contributed by atoms with Crippen molar-refractivity contribution in [1.29, 1.82) is 0 Å². The van der Waals surface area contributed by atoms with Gasteiger partial charge in [-0.2, -0.15) is 0 Å². The van der Waals surface area contributed by atoms with Gasteiger partial charge in [0.15, 0.2) is 0 Å². The van der Waals surface area contributed by atoms with E-state index in [4.69, 9.17) is 4.74 Å². The van der Waals surface area contributed by atoms with Gasteiger partial charge in [0, 0.05) is 12.6 Å². The van der Waals surface area contributed by atoms with Gasteiger partial charge in [0.1, 0.15) is 5.54 Å². The molecule has 0 aromatic carbocycles. The molecule has 0 spiro atoms. The van der Waals surface area contributed by atoms with Gasteiger partial charge in [-0.25, -0.2) is 0 Å². The molecule has 1 atom stereocenters. The number of esters is 1. The Kier molecular flexibility index (Phi) is 7.67. The molecule has 0 saturated heterocycles. The minimum absolute atomic E-state index is 0.117. The van der Waals surface area contributed by atoms with Crippen molar-refractivity contribution in [1.82, 2.24) is 10.2 Å². The summed E-state index contributed by atoms with van der Waals surface area (Å²) in [4.78, 5) is 14.9. The summed E-state index contributed by atoms with van der Waals surface area (Å²) in [6, 6.07) is 0.668. The third-order valence-corrected chi connectivity index (χ3v) is 4.07. The van der Waals surface area contributed by atoms with Gasteiger partial charge in [-0.15, -0.1) is 0 Å². The van der Waals surface area contributed by atoms with E-state index in [1.54, 1.807) is 0 Å². The monoisotopic (exact) mass is 298 g/mol. The second kappa shape index (κ2) is 8.74. The molecule has 0 aliphatic heterocycles. The molecule has 0 aromatic rings. The normalized spacial score (nSPS) is 18.0. The highest BCUT2D eigenvalue weighted by Crippen LogP contribution is 2.29. The molecule has 1 aliphatic carbocycles. The van der Waals surface area contributed by atoms with Crippen LogP contribution in [0.3, 0.4) is 0 Å². The molecular formula is C17H34N2O2. The van der Waals surface area contributed by atoms with Crippen LogP contribution in [-0.2, 0) is 9.53 Å². The van der Waals surface area contributed by atoms with Crippen molar-refractivity contribution in [3.05, 3.63) is 0 Å². The maximum atomic E-state index is 12.4. The summed E-state index contributed by atoms with van der Waals surface area (Å²) in [5.74, 6) is 0.581. The first-order valence-electron chi connectivity index (χ1n) is 8.59. The Bertz CT molecular complexity index is 316. The lowest BCUT2D eigenvalue weighted by molar-refractivity contribution is -0.151. The molecule has 1 fully saturated rings. The number of ether oxygens (including phenoxy) is 1. The molecule has 0 radical (unpaired) electrons. The Morgan fingerprint density at radius 3 is 2.52 bits per heavy atom. The molecule has 0 amide bonds. The van der Waals surface area contributed by atoms with Crippen molar-refractivity contribution in [2.75, 3.05) is 26.2 Å². The predicted octanol–water partition coefficient (Wildman–Crippen LogP) is 2.82. The number of rotatable bonds is 11. The SMILES string of the molecule is CCCNC(C)(CN(CCC(C)C)C1CC1)C(=O)OCC. The maximum absolute atomic E-state index is 12.4. The van der Waals surface area contributed by atoms with Gasteiger partial charge in [-0.3, -0.25) is 9.69 Å². The second-order valence-corrected chi connectivity index (χ2v) is 6.86. The summed E-state index contributed by atoms with van der Waals surface area (Å²) in [6.07, 6.45) is 4.74. The Morgan fingerprint density at radius 1 is 1.38 bits per heavy atom. The molecule has 1 aliphatic rings. The summed E-state index contributed by atoms with van der Waals surface area (Å²) in [6.45, 7) is 13.6. The van der Waals surface area contributed by atoms with Gasteiger partial charge in [-0.05, 0) is 58.5 Å². The largest absolute Gasteiger partial charge is 0.465 e. The molecule has 1 unspecified atom stereocenters. The lowest BCUT2D eigenvalue weighted by atomic mass is 10.0. The van der Waals surface area contributed by atoms with Crippen LogP contribution in [-0.4, -0.2) is 48.7 Å². The van der Waals surface area contributed by atoms with Gasteiger partial charge in [0.05, 0.1) is 6.61 Å². The first-order valence-corrected chi connectivity index (χ1v) is 8.59. The summed E-state index contributed by atoms with van der Waals surface area (Å²) in [5, 5.41) is 3.41. The Morgan fingerprint density at radius 2 is 2.05 bits per heavy atom. The van der Waals surface area contributed by atoms with E-state index in [9.17, 15) is 4.79 Å². The van der Waals surface area contributed by atoms with Crippen molar-refractivity contribution < 1.29 is 9.53 Å². The van der Waals surface area contributed by atoms with Crippen LogP contribution >= 0.6 is 0 Å². The average molecular weight is 298 g/mol. The van der Waals surface area contributed by atoms with Crippen LogP contribution in [0.25, 0.3) is 0 Å². The highest BCUT2D eigenvalue weighted by atomic mass is 16.5. The van der Waals surface area contributed by atoms with Crippen LogP contribution in [0.15, 0.2) is 0 Å². The minimum atomic E-state index is -0.592. The van der Waals surface area contributed by atoms with Gasteiger partial charge < -0.3 is 10.1 Å². The van der Waals surface area contributed by atoms with Crippen molar-refractivity contribution in [3.8, 4) is 0 Å².